The minimum atomic E-state index is -0.987. The van der Waals surface area contributed by atoms with Crippen molar-refractivity contribution < 1.29 is 48.6 Å². The van der Waals surface area contributed by atoms with Crippen molar-refractivity contribution in [3.8, 4) is 11.8 Å². The highest BCUT2D eigenvalue weighted by atomic mass is 79.9. The summed E-state index contributed by atoms with van der Waals surface area (Å²) in [5.41, 5.74) is -1.07. The maximum Gasteiger partial charge on any atom is 0.230 e. The Kier molecular flexibility index (Phi) is 9.37. The first-order valence-corrected chi connectivity index (χ1v) is 9.68. The number of quaternary nitrogens is 1. The van der Waals surface area contributed by atoms with Crippen LogP contribution in [0.3, 0.4) is 0 Å². The molecule has 1 heterocycles. The largest absolute Gasteiger partial charge is 1.00 e. The molecule has 0 bridgehead atoms. The number of hydrogen-bond acceptors (Lipinski definition) is 5. The lowest BCUT2D eigenvalue weighted by molar-refractivity contribution is -0.896. The SMILES string of the molecule is C[N+](C)(CC#CCOC1=NOCC1)Cc1cc(F)c(N=Nc2c(F)cccc2F)c(F)c1.[Br-]. The summed E-state index contributed by atoms with van der Waals surface area (Å²) in [6, 6.07) is 5.32. The summed E-state index contributed by atoms with van der Waals surface area (Å²) in [5, 5.41) is 10.4. The second-order valence-corrected chi connectivity index (χ2v) is 7.64. The van der Waals surface area contributed by atoms with Crippen molar-refractivity contribution in [3.05, 3.63) is 59.2 Å². The third-order valence-corrected chi connectivity index (χ3v) is 4.39. The summed E-state index contributed by atoms with van der Waals surface area (Å²) in [5.74, 6) is 2.40. The van der Waals surface area contributed by atoms with Crippen molar-refractivity contribution in [2.24, 2.45) is 15.4 Å². The molecule has 0 saturated heterocycles. The number of benzene rings is 2. The molecule has 176 valence electrons. The van der Waals surface area contributed by atoms with Crippen molar-refractivity contribution >= 4 is 17.3 Å². The van der Waals surface area contributed by atoms with Gasteiger partial charge < -0.3 is 31.0 Å². The Morgan fingerprint density at radius 2 is 1.61 bits per heavy atom. The van der Waals surface area contributed by atoms with Crippen LogP contribution in [0, 0.1) is 35.1 Å². The Balaban J connectivity index is 0.00000385. The van der Waals surface area contributed by atoms with Gasteiger partial charge in [-0.05, 0) is 30.2 Å². The van der Waals surface area contributed by atoms with Gasteiger partial charge in [0.25, 0.3) is 0 Å². The van der Waals surface area contributed by atoms with E-state index in [1.165, 1.54) is 0 Å². The Hall–Kier alpha value is -2.97. The van der Waals surface area contributed by atoms with E-state index in [1.54, 1.807) is 0 Å². The highest BCUT2D eigenvalue weighted by Gasteiger charge is 2.19. The number of azo groups is 1. The Labute approximate surface area is 199 Å². The standard InChI is InChI=1S/C22H21F4N4O2.BrH/c1-30(2,9-3-4-10-31-20-8-11-32-29-20)14-15-12-18(25)22(19(26)13-15)28-27-21-16(23)6-5-7-17(21)24;/h5-7,12-13H,8-11,14H2,1-2H3;1H/q+1;/p-1. The lowest BCUT2D eigenvalue weighted by atomic mass is 10.1. The van der Waals surface area contributed by atoms with Crippen LogP contribution in [0.2, 0.25) is 0 Å². The molecule has 0 unspecified atom stereocenters. The second kappa shape index (κ2) is 11.8. The van der Waals surface area contributed by atoms with Gasteiger partial charge >= 0.3 is 0 Å². The summed E-state index contributed by atoms with van der Waals surface area (Å²) in [6.45, 7) is 1.36. The van der Waals surface area contributed by atoms with Gasteiger partial charge in [-0.3, -0.25) is 0 Å². The van der Waals surface area contributed by atoms with Crippen LogP contribution in [0.25, 0.3) is 0 Å². The van der Waals surface area contributed by atoms with Gasteiger partial charge in [0.05, 0.1) is 20.5 Å². The summed E-state index contributed by atoms with van der Waals surface area (Å²) in [4.78, 5) is 4.82. The summed E-state index contributed by atoms with van der Waals surface area (Å²) in [7, 11) is 3.71. The zero-order valence-electron chi connectivity index (χ0n) is 17.9. The Bertz CT molecular complexity index is 1070. The molecule has 1 aliphatic heterocycles. The van der Waals surface area contributed by atoms with Crippen molar-refractivity contribution in [2.75, 3.05) is 33.9 Å². The minimum absolute atomic E-state index is 0. The molecule has 0 saturated carbocycles. The van der Waals surface area contributed by atoms with Gasteiger partial charge in [-0.15, -0.1) is 10.2 Å². The molecule has 0 aliphatic carbocycles. The number of rotatable bonds is 6. The maximum absolute atomic E-state index is 14.4. The topological polar surface area (TPSA) is 55.5 Å². The highest BCUT2D eigenvalue weighted by Crippen LogP contribution is 2.29. The third-order valence-electron chi connectivity index (χ3n) is 4.39. The number of hydrogen-bond donors (Lipinski definition) is 0. The molecule has 6 nitrogen and oxygen atoms in total. The van der Waals surface area contributed by atoms with Crippen LogP contribution in [-0.4, -0.2) is 44.2 Å². The van der Waals surface area contributed by atoms with E-state index in [1.807, 2.05) is 14.1 Å². The van der Waals surface area contributed by atoms with Gasteiger partial charge in [-0.1, -0.05) is 17.1 Å². The predicted molar refractivity (Wildman–Crippen MR) is 109 cm³/mol. The predicted octanol–water partition coefficient (Wildman–Crippen LogP) is 1.99. The van der Waals surface area contributed by atoms with Crippen LogP contribution in [0.15, 0.2) is 45.7 Å². The monoisotopic (exact) mass is 528 g/mol. The van der Waals surface area contributed by atoms with E-state index in [2.05, 4.69) is 27.2 Å². The fraction of sp³-hybridized carbons (Fsp3) is 0.318. The fourth-order valence-electron chi connectivity index (χ4n) is 2.87. The second-order valence-electron chi connectivity index (χ2n) is 7.64. The number of nitrogens with zero attached hydrogens (tertiary/aromatic N) is 4. The zero-order chi connectivity index (χ0) is 23.1. The minimum Gasteiger partial charge on any atom is -1.00 e. The molecule has 2 aromatic carbocycles. The van der Waals surface area contributed by atoms with Gasteiger partial charge in [-0.25, -0.2) is 17.6 Å². The molecular formula is C22H21BrF4N4O2. The van der Waals surface area contributed by atoms with Crippen LogP contribution >= 0.6 is 0 Å². The van der Waals surface area contributed by atoms with E-state index in [-0.39, 0.29) is 30.1 Å². The van der Waals surface area contributed by atoms with Gasteiger partial charge in [0.2, 0.25) is 5.90 Å². The van der Waals surface area contributed by atoms with Gasteiger partial charge in [0, 0.05) is 5.56 Å². The van der Waals surface area contributed by atoms with Crippen LogP contribution in [0.1, 0.15) is 12.0 Å². The van der Waals surface area contributed by atoms with Gasteiger partial charge in [-0.2, -0.15) is 0 Å². The first kappa shape index (κ1) is 26.3. The number of halogens is 5. The van der Waals surface area contributed by atoms with Crippen LogP contribution < -0.4 is 17.0 Å². The number of oxime groups is 1. The zero-order valence-corrected chi connectivity index (χ0v) is 19.5. The lowest BCUT2D eigenvalue weighted by Gasteiger charge is -2.27. The van der Waals surface area contributed by atoms with E-state index in [4.69, 9.17) is 9.57 Å². The average Bonchev–Trinajstić information content (AvgIpc) is 3.22. The molecular weight excluding hydrogens is 508 g/mol. The summed E-state index contributed by atoms with van der Waals surface area (Å²) < 4.78 is 61.8. The van der Waals surface area contributed by atoms with Crippen molar-refractivity contribution in [1.29, 1.82) is 0 Å². The average molecular weight is 529 g/mol. The molecule has 0 aromatic heterocycles. The molecule has 2 aromatic rings. The first-order chi connectivity index (χ1) is 15.2. The molecule has 0 N–H and O–H groups in total. The van der Waals surface area contributed by atoms with Gasteiger partial charge in [0.15, 0.2) is 41.3 Å². The van der Waals surface area contributed by atoms with Crippen molar-refractivity contribution in [1.82, 2.24) is 0 Å². The quantitative estimate of drug-likeness (QED) is 0.249. The van der Waals surface area contributed by atoms with E-state index in [0.717, 1.165) is 30.3 Å². The molecule has 0 amide bonds. The van der Waals surface area contributed by atoms with Crippen LogP contribution in [0.5, 0.6) is 0 Å². The van der Waals surface area contributed by atoms with E-state index in [9.17, 15) is 17.6 Å². The van der Waals surface area contributed by atoms with E-state index < -0.39 is 34.6 Å². The molecule has 33 heavy (non-hydrogen) atoms. The molecule has 3 rings (SSSR count). The van der Waals surface area contributed by atoms with Crippen molar-refractivity contribution in [2.45, 2.75) is 13.0 Å². The van der Waals surface area contributed by atoms with Crippen LogP contribution in [0.4, 0.5) is 28.9 Å². The molecule has 1 aliphatic rings. The molecule has 11 heteroatoms. The lowest BCUT2D eigenvalue weighted by Crippen LogP contribution is -3.00. The summed E-state index contributed by atoms with van der Waals surface area (Å²) in [6.07, 6.45) is 0.616. The van der Waals surface area contributed by atoms with Gasteiger partial charge in [0.1, 0.15) is 19.7 Å². The Morgan fingerprint density at radius 1 is 1.00 bits per heavy atom. The number of ether oxygens (including phenoxy) is 1. The van der Waals surface area contributed by atoms with Crippen molar-refractivity contribution in [3.63, 3.8) is 0 Å². The smallest absolute Gasteiger partial charge is 0.230 e. The maximum atomic E-state index is 14.4. The normalized spacial score (nSPS) is 13.1. The van der Waals surface area contributed by atoms with E-state index in [0.29, 0.717) is 35.5 Å². The third kappa shape index (κ3) is 7.54. The molecule has 0 radical (unpaired) electrons. The first-order valence-electron chi connectivity index (χ1n) is 9.68. The molecule has 0 atom stereocenters. The summed E-state index contributed by atoms with van der Waals surface area (Å²) >= 11 is 0. The van der Waals surface area contributed by atoms with Crippen LogP contribution in [-0.2, 0) is 16.1 Å². The molecule has 0 fully saturated rings. The fourth-order valence-corrected chi connectivity index (χ4v) is 2.87. The Morgan fingerprint density at radius 3 is 2.18 bits per heavy atom. The molecule has 0 spiro atoms. The van der Waals surface area contributed by atoms with E-state index >= 15 is 0 Å². The highest BCUT2D eigenvalue weighted by molar-refractivity contribution is 5.76.